The van der Waals surface area contributed by atoms with E-state index in [-0.39, 0.29) is 27.4 Å². The number of benzene rings is 2. The predicted molar refractivity (Wildman–Crippen MR) is 120 cm³/mol. The van der Waals surface area contributed by atoms with E-state index in [4.69, 9.17) is 33.0 Å². The molecule has 1 heterocycles. The quantitative estimate of drug-likeness (QED) is 0.371. The summed E-state index contributed by atoms with van der Waals surface area (Å²) >= 11 is 12.5. The van der Waals surface area contributed by atoms with Crippen LogP contribution < -0.4 is 5.32 Å². The van der Waals surface area contributed by atoms with Gasteiger partial charge < -0.3 is 14.5 Å². The second kappa shape index (κ2) is 9.51. The van der Waals surface area contributed by atoms with Gasteiger partial charge in [-0.1, -0.05) is 41.4 Å². The topological polar surface area (TPSA) is 135 Å². The summed E-state index contributed by atoms with van der Waals surface area (Å²) in [7, 11) is -2.34. The van der Waals surface area contributed by atoms with E-state index in [0.29, 0.717) is 16.3 Å². The third-order valence-electron chi connectivity index (χ3n) is 4.11. The van der Waals surface area contributed by atoms with Gasteiger partial charge in [-0.05, 0) is 30.3 Å². The van der Waals surface area contributed by atoms with Gasteiger partial charge in [-0.15, -0.1) is 10.2 Å². The molecule has 0 bridgehead atoms. The Kier molecular flexibility index (Phi) is 6.97. The highest BCUT2D eigenvalue weighted by Crippen LogP contribution is 2.30. The van der Waals surface area contributed by atoms with Crippen LogP contribution in [-0.2, 0) is 19.4 Å². The van der Waals surface area contributed by atoms with E-state index in [1.54, 1.807) is 30.3 Å². The van der Waals surface area contributed by atoms with Crippen molar-refractivity contribution in [3.8, 4) is 11.5 Å². The van der Waals surface area contributed by atoms with Gasteiger partial charge in [0, 0.05) is 11.8 Å². The van der Waals surface area contributed by atoms with Gasteiger partial charge >= 0.3 is 5.97 Å². The predicted octanol–water partition coefficient (Wildman–Crippen LogP) is 4.01. The SMILES string of the molecule is COC(=O)C(=N)/C(Cl)=C(\Nc1ccccc1Cl)c1nnc(-c2cccc(S(C)(=O)=O)c2)o1. The number of nitrogens with zero attached hydrogens (tertiary/aromatic N) is 2. The molecule has 2 aromatic carbocycles. The van der Waals surface area contributed by atoms with E-state index in [9.17, 15) is 13.2 Å². The van der Waals surface area contributed by atoms with Crippen molar-refractivity contribution in [2.45, 2.75) is 4.90 Å². The molecule has 0 radical (unpaired) electrons. The summed E-state index contributed by atoms with van der Waals surface area (Å²) < 4.78 is 33.9. The molecule has 0 fully saturated rings. The number of sulfone groups is 1. The molecule has 166 valence electrons. The van der Waals surface area contributed by atoms with Gasteiger partial charge in [-0.25, -0.2) is 13.2 Å². The fraction of sp³-hybridized carbons (Fsp3) is 0.100. The first kappa shape index (κ1) is 23.5. The molecule has 1 aromatic heterocycles. The number of ether oxygens (including phenoxy) is 1. The maximum Gasteiger partial charge on any atom is 0.357 e. The van der Waals surface area contributed by atoms with E-state index in [2.05, 4.69) is 20.3 Å². The number of anilines is 1. The molecule has 2 N–H and O–H groups in total. The molecule has 0 saturated carbocycles. The van der Waals surface area contributed by atoms with Gasteiger partial charge in [0.05, 0.1) is 22.7 Å². The van der Waals surface area contributed by atoms with E-state index in [0.717, 1.165) is 13.4 Å². The lowest BCUT2D eigenvalue weighted by Gasteiger charge is -2.12. The van der Waals surface area contributed by atoms with Crippen molar-refractivity contribution in [2.24, 2.45) is 0 Å². The number of para-hydroxylation sites is 1. The highest BCUT2D eigenvalue weighted by Gasteiger charge is 2.24. The number of methoxy groups -OCH3 is 1. The third kappa shape index (κ3) is 5.16. The average Bonchev–Trinajstić information content (AvgIpc) is 3.26. The summed E-state index contributed by atoms with van der Waals surface area (Å²) in [4.78, 5) is 11.9. The lowest BCUT2D eigenvalue weighted by atomic mass is 10.2. The number of nitrogens with one attached hydrogen (secondary N) is 2. The second-order valence-corrected chi connectivity index (χ2v) is 9.17. The molecule has 3 rings (SSSR count). The molecule has 0 aliphatic rings. The molecule has 3 aromatic rings. The van der Waals surface area contributed by atoms with Crippen molar-refractivity contribution in [3.63, 3.8) is 0 Å². The summed E-state index contributed by atoms with van der Waals surface area (Å²) in [6, 6.07) is 12.6. The average molecular weight is 495 g/mol. The van der Waals surface area contributed by atoms with Crippen LogP contribution in [0.1, 0.15) is 5.89 Å². The summed E-state index contributed by atoms with van der Waals surface area (Å²) in [5, 5.41) is 18.7. The first-order valence-electron chi connectivity index (χ1n) is 8.84. The fourth-order valence-electron chi connectivity index (χ4n) is 2.52. The van der Waals surface area contributed by atoms with Crippen molar-refractivity contribution >= 4 is 56.1 Å². The number of hydrogen-bond donors (Lipinski definition) is 2. The van der Waals surface area contributed by atoms with Gasteiger partial charge in [0.2, 0.25) is 5.89 Å². The Hall–Kier alpha value is -3.21. The molecule has 0 atom stereocenters. The van der Waals surface area contributed by atoms with Crippen LogP contribution in [0.15, 0.2) is 62.9 Å². The number of esters is 1. The van der Waals surface area contributed by atoms with Gasteiger partial charge in [-0.2, -0.15) is 0 Å². The van der Waals surface area contributed by atoms with Crippen molar-refractivity contribution in [2.75, 3.05) is 18.7 Å². The minimum Gasteiger partial charge on any atom is -0.464 e. The zero-order chi connectivity index (χ0) is 23.5. The number of carbonyl (C=O) groups excluding carboxylic acids is 1. The summed E-state index contributed by atoms with van der Waals surface area (Å²) in [6.45, 7) is 0. The lowest BCUT2D eigenvalue weighted by molar-refractivity contribution is -0.132. The summed E-state index contributed by atoms with van der Waals surface area (Å²) in [6.07, 6.45) is 1.08. The highest BCUT2D eigenvalue weighted by atomic mass is 35.5. The zero-order valence-corrected chi connectivity index (χ0v) is 19.0. The smallest absolute Gasteiger partial charge is 0.357 e. The Bertz CT molecular complexity index is 1340. The van der Waals surface area contributed by atoms with Crippen LogP contribution in [0.25, 0.3) is 17.2 Å². The molecule has 0 aliphatic carbocycles. The Balaban J connectivity index is 2.09. The molecule has 0 amide bonds. The van der Waals surface area contributed by atoms with Crippen molar-refractivity contribution in [3.05, 3.63) is 64.5 Å². The van der Waals surface area contributed by atoms with E-state index < -0.39 is 21.5 Å². The van der Waals surface area contributed by atoms with Gasteiger partial charge in [0.15, 0.2) is 15.5 Å². The summed E-state index contributed by atoms with van der Waals surface area (Å²) in [5.41, 5.74) is 0.0393. The molecular formula is C20H16Cl2N4O5S. The molecule has 9 nitrogen and oxygen atoms in total. The number of aromatic nitrogens is 2. The molecular weight excluding hydrogens is 479 g/mol. The first-order chi connectivity index (χ1) is 15.1. The van der Waals surface area contributed by atoms with E-state index in [1.165, 1.54) is 18.2 Å². The van der Waals surface area contributed by atoms with Crippen molar-refractivity contribution in [1.82, 2.24) is 10.2 Å². The molecule has 0 saturated heterocycles. The van der Waals surface area contributed by atoms with Crippen LogP contribution in [0.2, 0.25) is 5.02 Å². The molecule has 12 heteroatoms. The van der Waals surface area contributed by atoms with Crippen LogP contribution in [0.4, 0.5) is 5.69 Å². The number of halogens is 2. The number of hydrogen-bond acceptors (Lipinski definition) is 9. The summed E-state index contributed by atoms with van der Waals surface area (Å²) in [5.74, 6) is -1.14. The second-order valence-electron chi connectivity index (χ2n) is 6.37. The first-order valence-corrected chi connectivity index (χ1v) is 11.5. The van der Waals surface area contributed by atoms with Crippen LogP contribution in [0, 0.1) is 5.41 Å². The van der Waals surface area contributed by atoms with Gasteiger partial charge in [0.1, 0.15) is 10.7 Å². The van der Waals surface area contributed by atoms with Crippen molar-refractivity contribution < 1.29 is 22.4 Å². The molecule has 0 aliphatic heterocycles. The molecule has 0 unspecified atom stereocenters. The Morgan fingerprint density at radius 3 is 2.53 bits per heavy atom. The zero-order valence-electron chi connectivity index (χ0n) is 16.7. The lowest BCUT2D eigenvalue weighted by Crippen LogP contribution is -2.17. The standard InChI is InChI=1S/C20H16Cl2N4O5S/c1-30-20(27)16(23)15(22)17(24-14-9-4-3-8-13(14)21)19-26-25-18(31-19)11-6-5-7-12(10-11)32(2,28)29/h3-10,23-24H,1-2H3/b17-15+,23-16?. The minimum absolute atomic E-state index is 0.00183. The Morgan fingerprint density at radius 2 is 1.88 bits per heavy atom. The normalized spacial score (nSPS) is 12.1. The highest BCUT2D eigenvalue weighted by molar-refractivity contribution is 7.90. The maximum atomic E-state index is 11.8. The molecule has 32 heavy (non-hydrogen) atoms. The van der Waals surface area contributed by atoms with Crippen LogP contribution in [0.5, 0.6) is 0 Å². The molecule has 0 spiro atoms. The third-order valence-corrected chi connectivity index (χ3v) is 5.93. The van der Waals surface area contributed by atoms with Crippen molar-refractivity contribution in [1.29, 1.82) is 5.41 Å². The minimum atomic E-state index is -3.45. The van der Waals surface area contributed by atoms with Crippen LogP contribution in [0.3, 0.4) is 0 Å². The van der Waals surface area contributed by atoms with E-state index in [1.807, 2.05) is 0 Å². The van der Waals surface area contributed by atoms with Crippen LogP contribution in [-0.4, -0.2) is 43.7 Å². The maximum absolute atomic E-state index is 11.8. The van der Waals surface area contributed by atoms with Gasteiger partial charge in [0.25, 0.3) is 5.89 Å². The number of carbonyl (C=O) groups is 1. The fourth-order valence-corrected chi connectivity index (χ4v) is 3.57. The van der Waals surface area contributed by atoms with Crippen LogP contribution >= 0.6 is 23.2 Å². The largest absolute Gasteiger partial charge is 0.464 e. The number of rotatable bonds is 7. The van der Waals surface area contributed by atoms with Gasteiger partial charge in [-0.3, -0.25) is 5.41 Å². The Labute approximate surface area is 193 Å². The van der Waals surface area contributed by atoms with E-state index >= 15 is 0 Å². The monoisotopic (exact) mass is 494 g/mol. The Morgan fingerprint density at radius 1 is 1.16 bits per heavy atom.